The second-order valence-electron chi connectivity index (χ2n) is 11.3. The van der Waals surface area contributed by atoms with Crippen molar-refractivity contribution in [1.29, 1.82) is 0 Å². The van der Waals surface area contributed by atoms with E-state index in [1.54, 1.807) is 7.05 Å². The molecule has 4 aliphatic heterocycles. The minimum atomic E-state index is -0.479. The van der Waals surface area contributed by atoms with Gasteiger partial charge in [0.2, 0.25) is 0 Å². The number of carbonyl (C=O) groups is 1. The van der Waals surface area contributed by atoms with Crippen molar-refractivity contribution in [1.82, 2.24) is 14.8 Å². The quantitative estimate of drug-likeness (QED) is 0.609. The van der Waals surface area contributed by atoms with E-state index in [-0.39, 0.29) is 23.5 Å². The zero-order valence-corrected chi connectivity index (χ0v) is 22.8. The van der Waals surface area contributed by atoms with Gasteiger partial charge in [-0.25, -0.2) is 5.01 Å². The highest BCUT2D eigenvalue weighted by molar-refractivity contribution is 6.12. The van der Waals surface area contributed by atoms with Gasteiger partial charge >= 0.3 is 0 Å². The Morgan fingerprint density at radius 1 is 0.865 bits per heavy atom. The molecular weight excluding hydrogens is 464 g/mol. The molecule has 2 aromatic carbocycles. The first kappa shape index (κ1) is 26.0. The largest absolute Gasteiger partial charge is 0.338 e. The molecule has 7 heteroatoms. The summed E-state index contributed by atoms with van der Waals surface area (Å²) >= 11 is 0. The van der Waals surface area contributed by atoms with Crippen LogP contribution in [-0.4, -0.2) is 79.5 Å². The Morgan fingerprint density at radius 2 is 1.43 bits per heavy atom. The van der Waals surface area contributed by atoms with Gasteiger partial charge in [0.1, 0.15) is 17.6 Å². The minimum Gasteiger partial charge on any atom is -0.338 e. The maximum Gasteiger partial charge on any atom is 0.255 e. The normalized spacial score (nSPS) is 34.2. The van der Waals surface area contributed by atoms with E-state index in [9.17, 15) is 4.79 Å². The first-order chi connectivity index (χ1) is 17.7. The van der Waals surface area contributed by atoms with Crippen LogP contribution in [0.3, 0.4) is 0 Å². The lowest BCUT2D eigenvalue weighted by Crippen LogP contribution is -2.50. The summed E-state index contributed by atoms with van der Waals surface area (Å²) in [6.45, 7) is 8.05. The first-order valence-corrected chi connectivity index (χ1v) is 13.4. The fourth-order valence-corrected chi connectivity index (χ4v) is 6.21. The van der Waals surface area contributed by atoms with Gasteiger partial charge in [-0.2, -0.15) is 5.10 Å². The second-order valence-corrected chi connectivity index (χ2v) is 11.3. The number of ether oxygens (including phenoxy) is 2. The second kappa shape index (κ2) is 10.3. The molecule has 1 amide bonds. The van der Waals surface area contributed by atoms with Crippen molar-refractivity contribution in [2.75, 3.05) is 47.3 Å². The molecule has 0 aliphatic carbocycles. The van der Waals surface area contributed by atoms with E-state index in [0.29, 0.717) is 5.92 Å². The Bertz CT molecular complexity index is 1080. The van der Waals surface area contributed by atoms with E-state index >= 15 is 0 Å². The summed E-state index contributed by atoms with van der Waals surface area (Å²) in [4.78, 5) is 16.3. The van der Waals surface area contributed by atoms with Crippen molar-refractivity contribution < 1.29 is 14.3 Å². The average molecular weight is 505 g/mol. The predicted octanol–water partition coefficient (Wildman–Crippen LogP) is 4.34. The van der Waals surface area contributed by atoms with E-state index in [0.717, 1.165) is 44.7 Å². The van der Waals surface area contributed by atoms with Crippen molar-refractivity contribution in [3.63, 3.8) is 0 Å². The van der Waals surface area contributed by atoms with Crippen LogP contribution in [-0.2, 0) is 14.3 Å². The number of hydrazone groups is 1. The molecule has 6 rings (SSSR count). The van der Waals surface area contributed by atoms with Gasteiger partial charge in [0, 0.05) is 52.0 Å². The molecule has 2 aromatic rings. The Morgan fingerprint density at radius 3 is 1.97 bits per heavy atom. The monoisotopic (exact) mass is 504 g/mol. The summed E-state index contributed by atoms with van der Waals surface area (Å²) in [5.41, 5.74) is 3.09. The zero-order valence-electron chi connectivity index (χ0n) is 22.8. The third-order valence-corrected chi connectivity index (χ3v) is 8.35. The fourth-order valence-electron chi connectivity index (χ4n) is 6.21. The molecule has 0 radical (unpaired) electrons. The van der Waals surface area contributed by atoms with E-state index in [1.165, 1.54) is 16.1 Å². The average Bonchev–Trinajstić information content (AvgIpc) is 3.40. The van der Waals surface area contributed by atoms with Crippen LogP contribution in [0.1, 0.15) is 50.0 Å². The number of amides is 1. The minimum absolute atomic E-state index is 0.0561. The number of hydrogen-bond acceptors (Lipinski definition) is 6. The Labute approximate surface area is 221 Å². The molecule has 3 fully saturated rings. The summed E-state index contributed by atoms with van der Waals surface area (Å²) in [5, 5.41) is 5.75. The Hall–Kier alpha value is -2.58. The van der Waals surface area contributed by atoms with Gasteiger partial charge < -0.3 is 19.3 Å². The summed E-state index contributed by atoms with van der Waals surface area (Å²) in [5.74, 6) is -0.00158. The van der Waals surface area contributed by atoms with Crippen LogP contribution in [0, 0.1) is 11.3 Å². The molecule has 3 unspecified atom stereocenters. The van der Waals surface area contributed by atoms with Gasteiger partial charge in [-0.05, 0) is 32.1 Å². The zero-order chi connectivity index (χ0) is 26.2. The molecule has 4 atom stereocenters. The van der Waals surface area contributed by atoms with Crippen molar-refractivity contribution in [3.05, 3.63) is 71.8 Å². The number of piperidine rings is 2. The van der Waals surface area contributed by atoms with Gasteiger partial charge in [-0.3, -0.25) is 4.79 Å². The molecule has 4 heterocycles. The summed E-state index contributed by atoms with van der Waals surface area (Å²) in [6.07, 6.45) is 1.72. The van der Waals surface area contributed by atoms with Crippen LogP contribution < -0.4 is 0 Å². The highest BCUT2D eigenvalue weighted by atomic mass is 16.8. The highest BCUT2D eigenvalue weighted by Crippen LogP contribution is 2.52. The van der Waals surface area contributed by atoms with Crippen LogP contribution in [0.4, 0.5) is 0 Å². The highest BCUT2D eigenvalue weighted by Gasteiger charge is 2.53. The SMILES string of the molecule is CC1CN(C)CCC12OC(c1ccccc1)C(c1ccccc1)O2.CN1CCC2=NN(C)C(=O)[C@@]2(C)C1. The topological polar surface area (TPSA) is 57.6 Å². The molecule has 4 aliphatic rings. The Kier molecular flexibility index (Phi) is 7.24. The van der Waals surface area contributed by atoms with Crippen LogP contribution >= 0.6 is 0 Å². The third-order valence-electron chi connectivity index (χ3n) is 8.35. The number of hydrogen-bond donors (Lipinski definition) is 0. The van der Waals surface area contributed by atoms with Gasteiger partial charge in [0.05, 0.1) is 5.71 Å². The fraction of sp³-hybridized carbons (Fsp3) is 0.533. The maximum atomic E-state index is 11.8. The van der Waals surface area contributed by atoms with E-state index in [1.807, 2.05) is 26.1 Å². The van der Waals surface area contributed by atoms with E-state index in [4.69, 9.17) is 9.47 Å². The van der Waals surface area contributed by atoms with Gasteiger partial charge in [-0.15, -0.1) is 0 Å². The van der Waals surface area contributed by atoms with Gasteiger partial charge in [0.15, 0.2) is 5.79 Å². The van der Waals surface area contributed by atoms with E-state index < -0.39 is 5.79 Å². The molecule has 3 saturated heterocycles. The first-order valence-electron chi connectivity index (χ1n) is 13.4. The van der Waals surface area contributed by atoms with Crippen molar-refractivity contribution in [3.8, 4) is 0 Å². The lowest BCUT2D eigenvalue weighted by Gasteiger charge is -2.41. The number of fused-ring (bicyclic) bond motifs is 1. The maximum absolute atomic E-state index is 11.8. The molecule has 198 valence electrons. The molecular formula is C30H40N4O3. The molecule has 1 spiro atoms. The van der Waals surface area contributed by atoms with Crippen LogP contribution in [0.2, 0.25) is 0 Å². The molecule has 0 saturated carbocycles. The molecule has 0 aromatic heterocycles. The van der Waals surface area contributed by atoms with Crippen LogP contribution in [0.5, 0.6) is 0 Å². The van der Waals surface area contributed by atoms with Gasteiger partial charge in [0.25, 0.3) is 5.91 Å². The number of nitrogens with zero attached hydrogens (tertiary/aromatic N) is 4. The number of carbonyl (C=O) groups excluding carboxylic acids is 1. The predicted molar refractivity (Wildman–Crippen MR) is 145 cm³/mol. The third kappa shape index (κ3) is 4.98. The number of likely N-dealkylation sites (tertiary alicyclic amines) is 2. The van der Waals surface area contributed by atoms with Crippen LogP contribution in [0.25, 0.3) is 0 Å². The van der Waals surface area contributed by atoms with Crippen molar-refractivity contribution >= 4 is 11.6 Å². The van der Waals surface area contributed by atoms with Crippen molar-refractivity contribution in [2.45, 2.75) is 44.7 Å². The van der Waals surface area contributed by atoms with Crippen molar-refractivity contribution in [2.24, 2.45) is 16.4 Å². The molecule has 0 bridgehead atoms. The number of rotatable bonds is 2. The molecule has 37 heavy (non-hydrogen) atoms. The van der Waals surface area contributed by atoms with Gasteiger partial charge in [-0.1, -0.05) is 67.6 Å². The smallest absolute Gasteiger partial charge is 0.255 e. The van der Waals surface area contributed by atoms with Crippen LogP contribution in [0.15, 0.2) is 65.8 Å². The lowest BCUT2D eigenvalue weighted by molar-refractivity contribution is -0.231. The summed E-state index contributed by atoms with van der Waals surface area (Å²) in [6, 6.07) is 21.0. The standard InChI is InChI=1S/C21H25NO2.C9H15N3O/c1-16-15-22(2)14-13-21(16)23-19(17-9-5-3-6-10-17)20(24-21)18-11-7-4-8-12-18;1-9-6-11(2)5-4-7(9)10-12(3)8(9)13/h3-12,16,19-20H,13-15H2,1-2H3;4-6H2,1-3H3/t;9-/m.0/s1. The lowest BCUT2D eigenvalue weighted by atomic mass is 9.80. The summed E-state index contributed by atoms with van der Waals surface area (Å²) in [7, 11) is 5.95. The molecule has 7 nitrogen and oxygen atoms in total. The molecule has 0 N–H and O–H groups in total. The van der Waals surface area contributed by atoms with E-state index in [2.05, 4.69) is 77.4 Å². The number of benzene rings is 2. The summed E-state index contributed by atoms with van der Waals surface area (Å²) < 4.78 is 13.3. The Balaban J connectivity index is 0.000000182.